The zero-order valence-electron chi connectivity index (χ0n) is 10.9. The van der Waals surface area contributed by atoms with Crippen molar-refractivity contribution in [3.8, 4) is 11.5 Å². The molecule has 0 heterocycles. The van der Waals surface area contributed by atoms with Gasteiger partial charge in [0.05, 0.1) is 20.3 Å². The maximum absolute atomic E-state index is 9.78. The maximum atomic E-state index is 9.78. The zero-order valence-corrected chi connectivity index (χ0v) is 10.9. The third kappa shape index (κ3) is 1.89. The standard InChI is InChI=1S/C14H20O3/c1-14(2)10(8-13(14)15)9-5-6-11(16-3)12(7-9)17-4/h5-7,10,13,15H,8H2,1-4H3. The smallest absolute Gasteiger partial charge is 0.160 e. The van der Waals surface area contributed by atoms with Crippen molar-refractivity contribution < 1.29 is 14.6 Å². The molecular formula is C14H20O3. The number of aliphatic hydroxyl groups is 1. The summed E-state index contributed by atoms with van der Waals surface area (Å²) in [7, 11) is 3.27. The van der Waals surface area contributed by atoms with Crippen LogP contribution in [0.3, 0.4) is 0 Å². The molecule has 0 saturated heterocycles. The molecule has 17 heavy (non-hydrogen) atoms. The summed E-state index contributed by atoms with van der Waals surface area (Å²) in [6, 6.07) is 5.99. The van der Waals surface area contributed by atoms with Gasteiger partial charge in [-0.1, -0.05) is 19.9 Å². The van der Waals surface area contributed by atoms with Crippen LogP contribution in [0.5, 0.6) is 11.5 Å². The van der Waals surface area contributed by atoms with Crippen molar-refractivity contribution >= 4 is 0 Å². The minimum absolute atomic E-state index is 0.0560. The SMILES string of the molecule is COc1ccc(C2CC(O)C2(C)C)cc1OC. The van der Waals surface area contributed by atoms with Crippen molar-refractivity contribution in [3.63, 3.8) is 0 Å². The van der Waals surface area contributed by atoms with Gasteiger partial charge in [-0.25, -0.2) is 0 Å². The van der Waals surface area contributed by atoms with Crippen molar-refractivity contribution in [1.82, 2.24) is 0 Å². The number of ether oxygens (including phenoxy) is 2. The highest BCUT2D eigenvalue weighted by Gasteiger charge is 2.47. The highest BCUT2D eigenvalue weighted by Crippen LogP contribution is 2.53. The summed E-state index contributed by atoms with van der Waals surface area (Å²) >= 11 is 0. The fourth-order valence-electron chi connectivity index (χ4n) is 2.54. The molecule has 1 aliphatic rings. The minimum Gasteiger partial charge on any atom is -0.493 e. The third-order valence-corrected chi connectivity index (χ3v) is 4.03. The van der Waals surface area contributed by atoms with Crippen LogP contribution in [-0.2, 0) is 0 Å². The van der Waals surface area contributed by atoms with E-state index < -0.39 is 0 Å². The first-order chi connectivity index (χ1) is 8.00. The lowest BCUT2D eigenvalue weighted by molar-refractivity contribution is -0.0625. The van der Waals surface area contributed by atoms with E-state index in [4.69, 9.17) is 9.47 Å². The van der Waals surface area contributed by atoms with Gasteiger partial charge in [0.25, 0.3) is 0 Å². The summed E-state index contributed by atoms with van der Waals surface area (Å²) in [5.74, 6) is 1.88. The second kappa shape index (κ2) is 4.22. The summed E-state index contributed by atoms with van der Waals surface area (Å²) in [5, 5.41) is 9.78. The van der Waals surface area contributed by atoms with E-state index in [-0.39, 0.29) is 11.5 Å². The predicted octanol–water partition coefficient (Wildman–Crippen LogP) is 2.58. The van der Waals surface area contributed by atoms with Gasteiger partial charge in [0.15, 0.2) is 11.5 Å². The second-order valence-electron chi connectivity index (χ2n) is 5.24. The molecule has 0 amide bonds. The molecule has 0 radical (unpaired) electrons. The summed E-state index contributed by atoms with van der Waals surface area (Å²) in [6.07, 6.45) is 0.614. The lowest BCUT2D eigenvalue weighted by Crippen LogP contribution is -2.47. The van der Waals surface area contributed by atoms with E-state index in [9.17, 15) is 5.11 Å². The van der Waals surface area contributed by atoms with E-state index in [1.807, 2.05) is 12.1 Å². The number of rotatable bonds is 3. The Morgan fingerprint density at radius 3 is 2.29 bits per heavy atom. The molecule has 1 fully saturated rings. The van der Waals surface area contributed by atoms with Crippen molar-refractivity contribution in [2.75, 3.05) is 14.2 Å². The molecule has 1 aromatic carbocycles. The minimum atomic E-state index is -0.208. The van der Waals surface area contributed by atoms with Gasteiger partial charge in [-0.3, -0.25) is 0 Å². The van der Waals surface area contributed by atoms with E-state index in [2.05, 4.69) is 19.9 Å². The summed E-state index contributed by atoms with van der Waals surface area (Å²) < 4.78 is 10.5. The topological polar surface area (TPSA) is 38.7 Å². The van der Waals surface area contributed by atoms with Gasteiger partial charge in [0.1, 0.15) is 0 Å². The van der Waals surface area contributed by atoms with E-state index in [1.165, 1.54) is 5.56 Å². The molecule has 0 aromatic heterocycles. The maximum Gasteiger partial charge on any atom is 0.160 e. The lowest BCUT2D eigenvalue weighted by Gasteiger charge is -2.49. The Balaban J connectivity index is 2.29. The highest BCUT2D eigenvalue weighted by atomic mass is 16.5. The van der Waals surface area contributed by atoms with Crippen LogP contribution in [0.25, 0.3) is 0 Å². The third-order valence-electron chi connectivity index (χ3n) is 4.03. The van der Waals surface area contributed by atoms with Crippen molar-refractivity contribution in [1.29, 1.82) is 0 Å². The molecule has 1 saturated carbocycles. The molecular weight excluding hydrogens is 216 g/mol. The second-order valence-corrected chi connectivity index (χ2v) is 5.24. The van der Waals surface area contributed by atoms with E-state index >= 15 is 0 Å². The van der Waals surface area contributed by atoms with Crippen molar-refractivity contribution in [2.24, 2.45) is 5.41 Å². The summed E-state index contributed by atoms with van der Waals surface area (Å²) in [6.45, 7) is 4.20. The fourth-order valence-corrected chi connectivity index (χ4v) is 2.54. The van der Waals surface area contributed by atoms with Gasteiger partial charge in [-0.15, -0.1) is 0 Å². The van der Waals surface area contributed by atoms with Crippen LogP contribution in [-0.4, -0.2) is 25.4 Å². The lowest BCUT2D eigenvalue weighted by atomic mass is 9.58. The molecule has 1 N–H and O–H groups in total. The largest absolute Gasteiger partial charge is 0.493 e. The van der Waals surface area contributed by atoms with Gasteiger partial charge in [-0.2, -0.15) is 0 Å². The van der Waals surface area contributed by atoms with Crippen LogP contribution in [0.15, 0.2) is 18.2 Å². The van der Waals surface area contributed by atoms with Gasteiger partial charge >= 0.3 is 0 Å². The first kappa shape index (κ1) is 12.2. The normalized spacial score (nSPS) is 26.2. The Morgan fingerprint density at radius 2 is 1.82 bits per heavy atom. The first-order valence-electron chi connectivity index (χ1n) is 5.90. The monoisotopic (exact) mass is 236 g/mol. The van der Waals surface area contributed by atoms with Crippen LogP contribution >= 0.6 is 0 Å². The number of methoxy groups -OCH3 is 2. The zero-order chi connectivity index (χ0) is 12.6. The van der Waals surface area contributed by atoms with Crippen molar-refractivity contribution in [3.05, 3.63) is 23.8 Å². The summed E-state index contributed by atoms with van der Waals surface area (Å²) in [5.41, 5.74) is 1.15. The Bertz CT molecular complexity index is 412. The van der Waals surface area contributed by atoms with Crippen LogP contribution in [0, 0.1) is 5.41 Å². The first-order valence-corrected chi connectivity index (χ1v) is 5.90. The molecule has 0 spiro atoms. The quantitative estimate of drug-likeness (QED) is 0.876. The molecule has 0 aliphatic heterocycles. The molecule has 2 atom stereocenters. The van der Waals surface area contributed by atoms with Gasteiger partial charge in [0, 0.05) is 0 Å². The highest BCUT2D eigenvalue weighted by molar-refractivity contribution is 5.45. The average molecular weight is 236 g/mol. The Morgan fingerprint density at radius 1 is 1.18 bits per heavy atom. The number of aliphatic hydroxyl groups excluding tert-OH is 1. The summed E-state index contributed by atoms with van der Waals surface area (Å²) in [4.78, 5) is 0. The molecule has 1 aliphatic carbocycles. The molecule has 3 heteroatoms. The van der Waals surface area contributed by atoms with E-state index in [0.717, 1.165) is 17.9 Å². The van der Waals surface area contributed by atoms with Crippen LogP contribution in [0.2, 0.25) is 0 Å². The van der Waals surface area contributed by atoms with Gasteiger partial charge in [0.2, 0.25) is 0 Å². The number of benzene rings is 1. The van der Waals surface area contributed by atoms with Crippen LogP contribution < -0.4 is 9.47 Å². The number of hydrogen-bond donors (Lipinski definition) is 1. The average Bonchev–Trinajstić information content (AvgIpc) is 2.35. The number of hydrogen-bond acceptors (Lipinski definition) is 3. The molecule has 2 rings (SSSR count). The Labute approximate surface area is 102 Å². The van der Waals surface area contributed by atoms with Gasteiger partial charge < -0.3 is 14.6 Å². The van der Waals surface area contributed by atoms with Gasteiger partial charge in [-0.05, 0) is 35.4 Å². The molecule has 94 valence electrons. The molecule has 1 aromatic rings. The Hall–Kier alpha value is -1.22. The predicted molar refractivity (Wildman–Crippen MR) is 66.7 cm³/mol. The molecule has 2 unspecified atom stereocenters. The van der Waals surface area contributed by atoms with Crippen LogP contribution in [0.4, 0.5) is 0 Å². The van der Waals surface area contributed by atoms with Crippen molar-refractivity contribution in [2.45, 2.75) is 32.3 Å². The van der Waals surface area contributed by atoms with E-state index in [1.54, 1.807) is 14.2 Å². The molecule has 3 nitrogen and oxygen atoms in total. The van der Waals surface area contributed by atoms with Crippen LogP contribution in [0.1, 0.15) is 31.7 Å². The fraction of sp³-hybridized carbons (Fsp3) is 0.571. The van der Waals surface area contributed by atoms with E-state index in [0.29, 0.717) is 5.92 Å². The Kier molecular flexibility index (Phi) is 3.04. The molecule has 0 bridgehead atoms.